The number of aliphatic hydroxyl groups is 2. The van der Waals surface area contributed by atoms with Crippen molar-refractivity contribution in [3.05, 3.63) is 42.4 Å². The molecule has 0 bridgehead atoms. The molecule has 1 aromatic heterocycles. The van der Waals surface area contributed by atoms with Crippen molar-refractivity contribution in [3.63, 3.8) is 0 Å². The van der Waals surface area contributed by atoms with Crippen LogP contribution in [0.3, 0.4) is 0 Å². The Morgan fingerprint density at radius 1 is 1.13 bits per heavy atom. The molecular formula is C24H32N4O3. The molecule has 1 saturated carbocycles. The van der Waals surface area contributed by atoms with Gasteiger partial charge in [-0.3, -0.25) is 0 Å². The molecule has 7 heteroatoms. The van der Waals surface area contributed by atoms with Crippen molar-refractivity contribution in [2.24, 2.45) is 5.92 Å². The number of benzene rings is 1. The van der Waals surface area contributed by atoms with Crippen molar-refractivity contribution in [2.75, 3.05) is 13.1 Å². The van der Waals surface area contributed by atoms with Gasteiger partial charge in [-0.1, -0.05) is 24.3 Å². The first-order valence-electron chi connectivity index (χ1n) is 11.6. The standard InChI is InChI=1S/C24H32N4O3/c29-18-7-5-17(6-8-18)26-24(31)27-11-9-16(10-12-27)23(30)13-21-19-3-1-2-4-20(19)22-14-25-15-28(21)22/h1-4,14-18,21,23,29-30H,5-13H2,(H,26,31)/t17-,18-,21-,23?/m0/s1. The van der Waals surface area contributed by atoms with Crippen molar-refractivity contribution >= 4 is 6.03 Å². The number of fused-ring (bicyclic) bond motifs is 3. The molecule has 1 aliphatic carbocycles. The van der Waals surface area contributed by atoms with Gasteiger partial charge in [0.25, 0.3) is 0 Å². The second kappa shape index (κ2) is 8.63. The number of hydrogen-bond acceptors (Lipinski definition) is 4. The van der Waals surface area contributed by atoms with Gasteiger partial charge in [-0.2, -0.15) is 0 Å². The highest BCUT2D eigenvalue weighted by molar-refractivity contribution is 5.74. The fourth-order valence-electron chi connectivity index (χ4n) is 5.57. The molecule has 3 aliphatic rings. The molecule has 2 aromatic rings. The first-order valence-corrected chi connectivity index (χ1v) is 11.6. The zero-order valence-corrected chi connectivity index (χ0v) is 17.9. The number of urea groups is 1. The van der Waals surface area contributed by atoms with E-state index in [-0.39, 0.29) is 30.1 Å². The maximum atomic E-state index is 12.6. The van der Waals surface area contributed by atoms with E-state index in [0.29, 0.717) is 19.5 Å². The SMILES string of the molecule is O=C(N[C@H]1CC[C@H](O)CC1)N1CCC(C(O)C[C@H]2c3ccccc3-c3cncn32)CC1. The van der Waals surface area contributed by atoms with Crippen LogP contribution in [0.25, 0.3) is 11.3 Å². The summed E-state index contributed by atoms with van der Waals surface area (Å²) < 4.78 is 2.18. The van der Waals surface area contributed by atoms with Crippen LogP contribution in [-0.4, -0.2) is 62.0 Å². The van der Waals surface area contributed by atoms with Crippen molar-refractivity contribution in [2.45, 2.75) is 69.2 Å². The molecule has 2 amide bonds. The number of rotatable bonds is 4. The number of imidazole rings is 1. The maximum Gasteiger partial charge on any atom is 0.317 e. The van der Waals surface area contributed by atoms with Gasteiger partial charge >= 0.3 is 6.03 Å². The van der Waals surface area contributed by atoms with Crippen LogP contribution in [0.2, 0.25) is 0 Å². The molecule has 7 nitrogen and oxygen atoms in total. The largest absolute Gasteiger partial charge is 0.393 e. The number of likely N-dealkylation sites (tertiary alicyclic amines) is 1. The van der Waals surface area contributed by atoms with Gasteiger partial charge in [0.2, 0.25) is 0 Å². The van der Waals surface area contributed by atoms with Gasteiger partial charge in [-0.15, -0.1) is 0 Å². The van der Waals surface area contributed by atoms with E-state index in [1.54, 1.807) is 0 Å². The summed E-state index contributed by atoms with van der Waals surface area (Å²) in [7, 11) is 0. The summed E-state index contributed by atoms with van der Waals surface area (Å²) in [6.45, 7) is 1.36. The monoisotopic (exact) mass is 424 g/mol. The highest BCUT2D eigenvalue weighted by Gasteiger charge is 2.34. The molecule has 166 valence electrons. The zero-order chi connectivity index (χ0) is 21.4. The summed E-state index contributed by atoms with van der Waals surface area (Å²) >= 11 is 0. The third kappa shape index (κ3) is 4.08. The Hall–Kier alpha value is -2.38. The summed E-state index contributed by atoms with van der Waals surface area (Å²) in [5.41, 5.74) is 3.59. The second-order valence-electron chi connectivity index (χ2n) is 9.37. The molecule has 1 aromatic carbocycles. The number of amides is 2. The van der Waals surface area contributed by atoms with Crippen LogP contribution in [0, 0.1) is 5.92 Å². The van der Waals surface area contributed by atoms with E-state index in [9.17, 15) is 15.0 Å². The van der Waals surface area contributed by atoms with E-state index in [1.165, 1.54) is 11.1 Å². The summed E-state index contributed by atoms with van der Waals surface area (Å²) in [5.74, 6) is 0.202. The molecule has 2 fully saturated rings. The van der Waals surface area contributed by atoms with E-state index in [2.05, 4.69) is 33.1 Å². The first-order chi connectivity index (χ1) is 15.1. The van der Waals surface area contributed by atoms with Crippen LogP contribution in [0.15, 0.2) is 36.8 Å². The van der Waals surface area contributed by atoms with Crippen molar-refractivity contribution in [1.82, 2.24) is 19.8 Å². The van der Waals surface area contributed by atoms with E-state index < -0.39 is 6.10 Å². The molecule has 0 spiro atoms. The number of aliphatic hydroxyl groups excluding tert-OH is 2. The Morgan fingerprint density at radius 3 is 2.65 bits per heavy atom. The highest BCUT2D eigenvalue weighted by Crippen LogP contribution is 2.42. The topological polar surface area (TPSA) is 90.6 Å². The second-order valence-corrected chi connectivity index (χ2v) is 9.37. The number of carbonyl (C=O) groups excluding carboxylic acids is 1. The Bertz CT molecular complexity index is 913. The van der Waals surface area contributed by atoms with Crippen molar-refractivity contribution < 1.29 is 15.0 Å². The predicted molar refractivity (Wildman–Crippen MR) is 118 cm³/mol. The van der Waals surface area contributed by atoms with Gasteiger partial charge in [0, 0.05) is 24.7 Å². The Labute approximate surface area is 183 Å². The number of aromatic nitrogens is 2. The normalized spacial score (nSPS) is 26.9. The van der Waals surface area contributed by atoms with Crippen molar-refractivity contribution in [3.8, 4) is 11.3 Å². The minimum Gasteiger partial charge on any atom is -0.393 e. The average molecular weight is 425 g/mol. The van der Waals surface area contributed by atoms with Crippen LogP contribution in [0.4, 0.5) is 4.79 Å². The Kier molecular flexibility index (Phi) is 5.71. The van der Waals surface area contributed by atoms with Crippen LogP contribution in [0.1, 0.15) is 56.6 Å². The Morgan fingerprint density at radius 2 is 1.87 bits per heavy atom. The summed E-state index contributed by atoms with van der Waals surface area (Å²) in [4.78, 5) is 18.8. The molecule has 2 aliphatic heterocycles. The van der Waals surface area contributed by atoms with E-state index in [4.69, 9.17) is 0 Å². The molecule has 31 heavy (non-hydrogen) atoms. The molecule has 2 atom stereocenters. The predicted octanol–water partition coefficient (Wildman–Crippen LogP) is 2.93. The summed E-state index contributed by atoms with van der Waals surface area (Å²) in [5, 5.41) is 23.8. The molecule has 1 unspecified atom stereocenters. The fraction of sp³-hybridized carbons (Fsp3) is 0.583. The van der Waals surface area contributed by atoms with Gasteiger partial charge < -0.3 is 25.0 Å². The lowest BCUT2D eigenvalue weighted by molar-refractivity contribution is 0.0529. The fourth-order valence-corrected chi connectivity index (χ4v) is 5.57. The van der Waals surface area contributed by atoms with Crippen LogP contribution in [-0.2, 0) is 0 Å². The average Bonchev–Trinajstić information content (AvgIpc) is 3.38. The van der Waals surface area contributed by atoms with Gasteiger partial charge in [0.15, 0.2) is 0 Å². The lowest BCUT2D eigenvalue weighted by atomic mass is 9.86. The third-order valence-corrected chi connectivity index (χ3v) is 7.46. The minimum atomic E-state index is -0.406. The number of piperidine rings is 1. The molecule has 1 saturated heterocycles. The van der Waals surface area contributed by atoms with Crippen LogP contribution in [0.5, 0.6) is 0 Å². The van der Waals surface area contributed by atoms with E-state index >= 15 is 0 Å². The lowest BCUT2D eigenvalue weighted by Gasteiger charge is -2.36. The van der Waals surface area contributed by atoms with E-state index in [0.717, 1.165) is 44.2 Å². The lowest BCUT2D eigenvalue weighted by Crippen LogP contribution is -2.49. The van der Waals surface area contributed by atoms with Gasteiger partial charge in [0.05, 0.1) is 36.5 Å². The molecular weight excluding hydrogens is 392 g/mol. The summed E-state index contributed by atoms with van der Waals surface area (Å²) in [6.07, 6.45) is 8.69. The van der Waals surface area contributed by atoms with Gasteiger partial charge in [-0.25, -0.2) is 9.78 Å². The third-order valence-electron chi connectivity index (χ3n) is 7.46. The maximum absolute atomic E-state index is 12.6. The van der Waals surface area contributed by atoms with Crippen molar-refractivity contribution in [1.29, 1.82) is 0 Å². The molecule has 0 radical (unpaired) electrons. The van der Waals surface area contributed by atoms with E-state index in [1.807, 2.05) is 23.5 Å². The van der Waals surface area contributed by atoms with Crippen LogP contribution < -0.4 is 5.32 Å². The van der Waals surface area contributed by atoms with Gasteiger partial charge in [-0.05, 0) is 56.4 Å². The number of carbonyl (C=O) groups is 1. The molecule has 5 rings (SSSR count). The first kappa shape index (κ1) is 20.5. The van der Waals surface area contributed by atoms with Crippen LogP contribution >= 0.6 is 0 Å². The highest BCUT2D eigenvalue weighted by atomic mass is 16.3. The quantitative estimate of drug-likeness (QED) is 0.704. The van der Waals surface area contributed by atoms with Gasteiger partial charge in [0.1, 0.15) is 0 Å². The smallest absolute Gasteiger partial charge is 0.317 e. The number of hydrogen-bond donors (Lipinski definition) is 3. The Balaban J connectivity index is 1.15. The summed E-state index contributed by atoms with van der Waals surface area (Å²) in [6, 6.07) is 8.67. The number of nitrogens with one attached hydrogen (secondary N) is 1. The molecule has 3 heterocycles. The molecule has 3 N–H and O–H groups in total. The zero-order valence-electron chi connectivity index (χ0n) is 17.9. The minimum absolute atomic E-state index is 0.00195. The number of nitrogens with zero attached hydrogens (tertiary/aromatic N) is 3.